The van der Waals surface area contributed by atoms with E-state index in [0.29, 0.717) is 53.3 Å². The molecule has 738 valence electrons. The maximum Gasteiger partial charge on any atom is 0.244 e. The van der Waals surface area contributed by atoms with Gasteiger partial charge in [-0.3, -0.25) is 0 Å². The van der Waals surface area contributed by atoms with E-state index in [4.69, 9.17) is 0 Å². The average molecular weight is 2040 g/mol. The first kappa shape index (κ1) is 99.8. The molecule has 0 unspecified atom stereocenters. The number of rotatable bonds is 15. The predicted octanol–water partition coefficient (Wildman–Crippen LogP) is 27.6. The quantitative estimate of drug-likeness (QED) is 0.0940. The van der Waals surface area contributed by atoms with E-state index < -0.39 is 24.2 Å². The second-order valence-electron chi connectivity index (χ2n) is 45.8. The molecule has 9 aliphatic heterocycles. The molecular formula is C137H136B3N3S3Si3. The van der Waals surface area contributed by atoms with Crippen molar-refractivity contribution in [3.8, 4) is 0 Å². The van der Waals surface area contributed by atoms with E-state index in [9.17, 15) is 0 Å². The molecule has 9 heterocycles. The molecule has 0 aromatic heterocycles. The molecule has 0 saturated carbocycles. The van der Waals surface area contributed by atoms with Crippen LogP contribution in [0.15, 0.2) is 414 Å². The molecule has 16 aromatic rings. The zero-order valence-electron chi connectivity index (χ0n) is 90.7. The standard InChI is InChI=1S/C47H44BNSSi.C47H50BNSSi.C43H42BNSSi/c1-30(2)34-27-36(31(3)4)47(37(28-34)32(5)6)48-38-16-8-11-19-42(38)50-43-29-35(23-24-39(43)48)49-40-17-9-13-21-45(40)51(46-22-14-10-18-41(46)49)26-25-33-15-7-12-20-44(33)51;1-28(2)35-25-37(29(3)4)47(38(26-35)30(5)6)48-39-17-11-14-20-43(39)50-44-27-36(23-24-40(44)48)49-41-18-12-15-21-45(41)51(46-22-16-13-19-42(46)49)33(9)31(7)32(8)34(51)10;1-28(2)31-25-33(29(3)4)43(34(26-31)30(5)6)44-35-15-7-10-18-39(35)46-40-27-32(21-22-36(40)44)45-37-16-8-11-19-41(37)47(23-13-14-24-47)42-20-12-9-17-38(42)45/h7-32H,1-6H3;11-30H,1-10H3;7-30H,1-6H3. The molecule has 9 aliphatic rings. The van der Waals surface area contributed by atoms with Gasteiger partial charge in [0.15, 0.2) is 24.2 Å². The lowest BCUT2D eigenvalue weighted by atomic mass is 9.34. The predicted molar refractivity (Wildman–Crippen MR) is 660 cm³/mol. The van der Waals surface area contributed by atoms with E-state index in [0.717, 1.165) is 0 Å². The lowest BCUT2D eigenvalue weighted by Crippen LogP contribution is -2.68. The van der Waals surface area contributed by atoms with Crippen LogP contribution in [0.3, 0.4) is 0 Å². The number of fused-ring (bicyclic) bond motifs is 20. The summed E-state index contributed by atoms with van der Waals surface area (Å²) in [6, 6.07) is 129. The first-order chi connectivity index (χ1) is 72.0. The lowest BCUT2D eigenvalue weighted by Gasteiger charge is -2.44. The minimum absolute atomic E-state index is 0.180. The van der Waals surface area contributed by atoms with Gasteiger partial charge in [0, 0.05) is 80.6 Å². The number of anilines is 9. The van der Waals surface area contributed by atoms with Gasteiger partial charge in [-0.1, -0.05) is 509 Å². The highest BCUT2D eigenvalue weighted by molar-refractivity contribution is 8.00. The Balaban J connectivity index is 0.000000123. The SMILES string of the molecule is CC(C)c1cc(C(C)C)c(B2c3ccccc3Sc3cc(N4c5ccccc5[Si]5(C=CC=C5)c5ccccc54)ccc32)c(C(C)C)c1.CC(C)c1cc(C(C)C)c(B2c3ccccc3Sc3cc(N4c5ccccc5[Si]5(C=Cc6ccccc65)c5ccccc54)ccc32)c(C(C)C)c1.CC1=C(C)[Si]2(C(C)=C1C)c1ccccc1N(c1ccc3c(c1)Sc1ccccc1B3c1c(C(C)C)cc(C(C)C)cc1C(C)C)c1ccccc12. The van der Waals surface area contributed by atoms with Crippen LogP contribution < -0.4 is 100 Å². The fourth-order valence-electron chi connectivity index (χ4n) is 26.7. The van der Waals surface area contributed by atoms with E-state index in [1.807, 2.05) is 35.3 Å². The molecule has 0 fully saturated rings. The van der Waals surface area contributed by atoms with E-state index in [1.165, 1.54) is 233 Å². The van der Waals surface area contributed by atoms with Crippen molar-refractivity contribution < 1.29 is 0 Å². The van der Waals surface area contributed by atoms with Crippen molar-refractivity contribution in [3.05, 3.63) is 440 Å². The third kappa shape index (κ3) is 16.3. The fraction of sp³-hybridized carbons (Fsp3) is 0.226. The van der Waals surface area contributed by atoms with Gasteiger partial charge in [-0.2, -0.15) is 0 Å². The molecule has 16 aromatic carbocycles. The average Bonchev–Trinajstić information content (AvgIpc) is 1.54. The molecule has 0 bridgehead atoms. The Morgan fingerprint density at radius 3 is 0.779 bits per heavy atom. The first-order valence-electron chi connectivity index (χ1n) is 54.8. The highest BCUT2D eigenvalue weighted by Crippen LogP contribution is 2.51. The second kappa shape index (κ2) is 39.4. The van der Waals surface area contributed by atoms with Crippen molar-refractivity contribution in [3.63, 3.8) is 0 Å². The van der Waals surface area contributed by atoms with Gasteiger partial charge < -0.3 is 14.7 Å². The molecule has 0 radical (unpaired) electrons. The highest BCUT2D eigenvalue weighted by atomic mass is 32.2. The van der Waals surface area contributed by atoms with Gasteiger partial charge in [0.2, 0.25) is 20.1 Å². The molecule has 3 nitrogen and oxygen atoms in total. The molecule has 0 amide bonds. The van der Waals surface area contributed by atoms with Gasteiger partial charge >= 0.3 is 0 Å². The Labute approximate surface area is 904 Å². The van der Waals surface area contributed by atoms with Crippen LogP contribution in [0.2, 0.25) is 0 Å². The Morgan fingerprint density at radius 1 is 0.228 bits per heavy atom. The molecule has 149 heavy (non-hydrogen) atoms. The summed E-state index contributed by atoms with van der Waals surface area (Å²) in [7, 11) is -6.82. The van der Waals surface area contributed by atoms with Crippen LogP contribution in [0, 0.1) is 0 Å². The molecule has 0 atom stereocenters. The van der Waals surface area contributed by atoms with Crippen molar-refractivity contribution in [2.45, 2.75) is 235 Å². The van der Waals surface area contributed by atoms with Crippen LogP contribution in [0.5, 0.6) is 0 Å². The second-order valence-corrected chi connectivity index (χ2v) is 60.2. The molecular weight excluding hydrogens is 1900 g/mol. The van der Waals surface area contributed by atoms with Gasteiger partial charge in [0.1, 0.15) is 0 Å². The number of nitrogens with zero attached hydrogens (tertiary/aromatic N) is 3. The molecule has 0 aliphatic carbocycles. The smallest absolute Gasteiger partial charge is 0.244 e. The Bertz CT molecular complexity index is 8000. The van der Waals surface area contributed by atoms with Crippen molar-refractivity contribution in [2.75, 3.05) is 14.7 Å². The molecule has 3 spiro atoms. The van der Waals surface area contributed by atoms with E-state index >= 15 is 0 Å². The molecule has 12 heteroatoms. The summed E-state index contributed by atoms with van der Waals surface area (Å²) in [5.41, 5.74) is 49.9. The van der Waals surface area contributed by atoms with Crippen LogP contribution >= 0.6 is 35.3 Å². The zero-order chi connectivity index (χ0) is 103. The van der Waals surface area contributed by atoms with Crippen molar-refractivity contribution >= 4 is 222 Å². The number of allylic oxidation sites excluding steroid dienone is 6. The normalized spacial score (nSPS) is 15.5. The Morgan fingerprint density at radius 2 is 0.477 bits per heavy atom. The van der Waals surface area contributed by atoms with Gasteiger partial charge in [0.25, 0.3) is 0 Å². The van der Waals surface area contributed by atoms with Crippen LogP contribution in [-0.4, -0.2) is 44.4 Å². The summed E-state index contributed by atoms with van der Waals surface area (Å²) in [5.74, 6) is 4.05. The zero-order valence-corrected chi connectivity index (χ0v) is 96.2. The lowest BCUT2D eigenvalue weighted by molar-refractivity contribution is 0.812. The minimum Gasteiger partial charge on any atom is -0.311 e. The van der Waals surface area contributed by atoms with Crippen LogP contribution in [-0.2, 0) is 0 Å². The van der Waals surface area contributed by atoms with E-state index in [1.54, 1.807) is 10.4 Å². The third-order valence-corrected chi connectivity index (χ3v) is 51.9. The topological polar surface area (TPSA) is 9.72 Å². The minimum atomic E-state index is -2.36. The highest BCUT2D eigenvalue weighted by Gasteiger charge is 2.54. The summed E-state index contributed by atoms with van der Waals surface area (Å²) in [5, 5.41) is 13.5. The summed E-state index contributed by atoms with van der Waals surface area (Å²) < 4.78 is 0. The molecule has 0 saturated heterocycles. The summed E-state index contributed by atoms with van der Waals surface area (Å²) in [6.45, 7) is 52.5. The van der Waals surface area contributed by atoms with Gasteiger partial charge in [0.05, 0.1) is 0 Å². The van der Waals surface area contributed by atoms with Crippen molar-refractivity contribution in [2.24, 2.45) is 0 Å². The molecule has 0 N–H and O–H groups in total. The van der Waals surface area contributed by atoms with E-state index in [-0.39, 0.29) is 20.1 Å². The fourth-order valence-corrected chi connectivity index (χ4v) is 44.7. The van der Waals surface area contributed by atoms with Crippen LogP contribution in [0.25, 0.3) is 6.08 Å². The van der Waals surface area contributed by atoms with E-state index in [2.05, 4.69) is 536 Å². The summed E-state index contributed by atoms with van der Waals surface area (Å²) in [4.78, 5) is 15.8. The third-order valence-electron chi connectivity index (χ3n) is 34.4. The monoisotopic (exact) mass is 2040 g/mol. The number of hydrogen-bond donors (Lipinski definition) is 0. The Kier molecular flexibility index (Phi) is 26.4. The van der Waals surface area contributed by atoms with Crippen LogP contribution in [0.4, 0.5) is 51.2 Å². The van der Waals surface area contributed by atoms with Gasteiger partial charge in [-0.05, 0) is 264 Å². The molecule has 25 rings (SSSR count). The summed E-state index contributed by atoms with van der Waals surface area (Å²) in [6.07, 6.45) is 6.89. The largest absolute Gasteiger partial charge is 0.311 e. The Hall–Kier alpha value is -12.5. The number of hydrogen-bond acceptors (Lipinski definition) is 6. The van der Waals surface area contributed by atoms with Crippen molar-refractivity contribution in [1.29, 1.82) is 0 Å². The maximum absolute atomic E-state index is 2.57. The van der Waals surface area contributed by atoms with Gasteiger partial charge in [-0.25, -0.2) is 0 Å². The van der Waals surface area contributed by atoms with Gasteiger partial charge in [-0.15, -0.1) is 0 Å². The number of para-hydroxylation sites is 6. The van der Waals surface area contributed by atoms with Crippen LogP contribution in [0.1, 0.15) is 261 Å². The first-order valence-corrected chi connectivity index (χ1v) is 63.4. The number of benzene rings is 16. The van der Waals surface area contributed by atoms with Crippen molar-refractivity contribution in [1.82, 2.24) is 0 Å². The maximum atomic E-state index is 2.57. The summed E-state index contributed by atoms with van der Waals surface area (Å²) >= 11 is 5.82.